The molecule has 2 amide bonds. The van der Waals surface area contributed by atoms with E-state index in [0.29, 0.717) is 17.7 Å². The minimum atomic E-state index is -0.361. The molecule has 2 heterocycles. The summed E-state index contributed by atoms with van der Waals surface area (Å²) < 4.78 is 0. The fraction of sp³-hybridized carbons (Fsp3) is 0.364. The van der Waals surface area contributed by atoms with Gasteiger partial charge >= 0.3 is 0 Å². The summed E-state index contributed by atoms with van der Waals surface area (Å²) in [4.78, 5) is 34.0. The van der Waals surface area contributed by atoms with Gasteiger partial charge in [0, 0.05) is 12.1 Å². The molecule has 1 saturated heterocycles. The number of rotatable bonds is 6. The summed E-state index contributed by atoms with van der Waals surface area (Å²) in [6, 6.07) is 15.5. The van der Waals surface area contributed by atoms with Gasteiger partial charge in [0.05, 0.1) is 50.5 Å². The van der Waals surface area contributed by atoms with Crippen LogP contribution in [0.25, 0.3) is 0 Å². The minimum absolute atomic E-state index is 0.361. The first-order valence-electron chi connectivity index (χ1n) is 9.89. The monoisotopic (exact) mass is 380 g/mol. The molecule has 0 bridgehead atoms. The van der Waals surface area contributed by atoms with E-state index in [1.54, 1.807) is 24.3 Å². The van der Waals surface area contributed by atoms with Gasteiger partial charge in [0.25, 0.3) is 11.8 Å². The van der Waals surface area contributed by atoms with E-state index >= 15 is 0 Å². The van der Waals surface area contributed by atoms with Crippen molar-refractivity contribution in [3.05, 3.63) is 65.2 Å². The Morgan fingerprint density at radius 2 is 1.54 bits per heavy atom. The number of imide groups is 1. The number of carbonyl (C=O) groups excluding carboxylic acids is 2. The predicted octanol–water partition coefficient (Wildman–Crippen LogP) is 1.32. The molecule has 0 radical (unpaired) electrons. The summed E-state index contributed by atoms with van der Waals surface area (Å²) in [7, 11) is 0. The zero-order valence-corrected chi connectivity index (χ0v) is 16.2. The molecule has 6 nitrogen and oxygen atoms in total. The quantitative estimate of drug-likeness (QED) is 0.607. The van der Waals surface area contributed by atoms with Crippen LogP contribution in [0.5, 0.6) is 0 Å². The van der Waals surface area contributed by atoms with Crippen molar-refractivity contribution in [2.24, 2.45) is 0 Å². The van der Waals surface area contributed by atoms with Crippen molar-refractivity contribution in [3.63, 3.8) is 0 Å². The maximum absolute atomic E-state index is 12.3. The lowest BCUT2D eigenvalue weighted by atomic mass is 10.1. The second-order valence-electron chi connectivity index (χ2n) is 7.46. The van der Waals surface area contributed by atoms with Crippen LogP contribution < -0.4 is 9.80 Å². The lowest BCUT2D eigenvalue weighted by Crippen LogP contribution is -3.14. The Morgan fingerprint density at radius 1 is 0.929 bits per heavy atom. The molecule has 1 N–H and O–H groups in total. The summed E-state index contributed by atoms with van der Waals surface area (Å²) in [5.41, 5.74) is 3.42. The number of quaternary nitrogens is 1. The Morgan fingerprint density at radius 3 is 2.14 bits per heavy atom. The number of anilines is 1. The molecular weight excluding hydrogens is 354 g/mol. The Balaban J connectivity index is 1.19. The van der Waals surface area contributed by atoms with Crippen LogP contribution in [0.4, 0.5) is 5.69 Å². The molecule has 0 spiro atoms. The van der Waals surface area contributed by atoms with E-state index in [2.05, 4.69) is 36.1 Å². The molecule has 146 valence electrons. The van der Waals surface area contributed by atoms with E-state index in [4.69, 9.17) is 4.84 Å². The van der Waals surface area contributed by atoms with Crippen LogP contribution in [-0.4, -0.2) is 56.2 Å². The lowest BCUT2D eigenvalue weighted by Gasteiger charge is -2.33. The number of hydrogen-bond acceptors (Lipinski definition) is 4. The first-order valence-corrected chi connectivity index (χ1v) is 9.89. The molecule has 6 heteroatoms. The average Bonchev–Trinajstić information content (AvgIpc) is 2.97. The normalized spacial score (nSPS) is 17.3. The second-order valence-corrected chi connectivity index (χ2v) is 7.46. The van der Waals surface area contributed by atoms with Gasteiger partial charge in [-0.3, -0.25) is 14.4 Å². The van der Waals surface area contributed by atoms with E-state index in [0.717, 1.165) is 44.2 Å². The fourth-order valence-corrected chi connectivity index (χ4v) is 3.85. The van der Waals surface area contributed by atoms with Crippen LogP contribution in [0.1, 0.15) is 32.7 Å². The van der Waals surface area contributed by atoms with Crippen molar-refractivity contribution in [3.8, 4) is 0 Å². The second kappa shape index (κ2) is 8.12. The van der Waals surface area contributed by atoms with Crippen molar-refractivity contribution in [1.82, 2.24) is 5.06 Å². The van der Waals surface area contributed by atoms with E-state index in [9.17, 15) is 9.59 Å². The van der Waals surface area contributed by atoms with Gasteiger partial charge in [-0.05, 0) is 31.2 Å². The molecule has 2 aromatic rings. The van der Waals surface area contributed by atoms with Crippen molar-refractivity contribution in [1.29, 1.82) is 0 Å². The summed E-state index contributed by atoms with van der Waals surface area (Å²) in [5.74, 6) is -0.723. The third kappa shape index (κ3) is 3.79. The molecular formula is C22H26N3O3+. The molecule has 2 aromatic carbocycles. The van der Waals surface area contributed by atoms with Crippen LogP contribution in [0.2, 0.25) is 0 Å². The Labute approximate surface area is 165 Å². The third-order valence-corrected chi connectivity index (χ3v) is 5.52. The van der Waals surface area contributed by atoms with Gasteiger partial charge in [0.2, 0.25) is 0 Å². The SMILES string of the molecule is Cc1ccc(N2CC[NH+](CCCON3C(=O)c4ccccc4C3=O)CC2)cc1. The molecule has 0 saturated carbocycles. The van der Waals surface area contributed by atoms with E-state index in [1.165, 1.54) is 16.2 Å². The molecule has 0 aliphatic carbocycles. The van der Waals surface area contributed by atoms with Crippen molar-refractivity contribution >= 4 is 17.5 Å². The largest absolute Gasteiger partial charge is 0.360 e. The van der Waals surface area contributed by atoms with Gasteiger partial charge < -0.3 is 9.80 Å². The molecule has 4 rings (SSSR count). The maximum atomic E-state index is 12.3. The highest BCUT2D eigenvalue weighted by Crippen LogP contribution is 2.22. The highest BCUT2D eigenvalue weighted by molar-refractivity contribution is 6.20. The van der Waals surface area contributed by atoms with Crippen LogP contribution in [0.15, 0.2) is 48.5 Å². The number of hydroxylamine groups is 2. The van der Waals surface area contributed by atoms with Crippen molar-refractivity contribution < 1.29 is 19.3 Å². The number of nitrogens with one attached hydrogen (secondary N) is 1. The van der Waals surface area contributed by atoms with E-state index in [-0.39, 0.29) is 11.8 Å². The van der Waals surface area contributed by atoms with Gasteiger partial charge in [0.1, 0.15) is 0 Å². The molecule has 0 aromatic heterocycles. The number of piperazine rings is 1. The molecule has 0 atom stereocenters. The predicted molar refractivity (Wildman–Crippen MR) is 106 cm³/mol. The maximum Gasteiger partial charge on any atom is 0.285 e. The van der Waals surface area contributed by atoms with Gasteiger partial charge in [-0.15, -0.1) is 5.06 Å². The fourth-order valence-electron chi connectivity index (χ4n) is 3.85. The first-order chi connectivity index (χ1) is 13.6. The lowest BCUT2D eigenvalue weighted by molar-refractivity contribution is -0.900. The Hall–Kier alpha value is -2.70. The first kappa shape index (κ1) is 18.7. The number of nitrogens with zero attached hydrogens (tertiary/aromatic N) is 2. The van der Waals surface area contributed by atoms with Gasteiger partial charge in [-0.25, -0.2) is 0 Å². The standard InChI is InChI=1S/C22H25N3O3/c1-17-7-9-18(10-8-17)24-14-12-23(13-15-24)11-4-16-28-25-21(26)19-5-2-3-6-20(19)22(25)27/h2-3,5-10H,4,11-16H2,1H3/p+1. The van der Waals surface area contributed by atoms with E-state index < -0.39 is 0 Å². The Kier molecular flexibility index (Phi) is 5.41. The number of amides is 2. The van der Waals surface area contributed by atoms with Gasteiger partial charge in [-0.1, -0.05) is 29.8 Å². The molecule has 0 unspecified atom stereocenters. The zero-order valence-electron chi connectivity index (χ0n) is 16.2. The smallest absolute Gasteiger partial charge is 0.285 e. The van der Waals surface area contributed by atoms with Crippen LogP contribution in [0.3, 0.4) is 0 Å². The number of benzene rings is 2. The summed E-state index contributed by atoms with van der Waals surface area (Å²) in [5, 5.41) is 0.912. The van der Waals surface area contributed by atoms with Crippen LogP contribution in [0, 0.1) is 6.92 Å². The van der Waals surface area contributed by atoms with E-state index in [1.807, 2.05) is 0 Å². The number of aryl methyl sites for hydroxylation is 1. The summed E-state index contributed by atoms with van der Waals surface area (Å²) in [6.07, 6.45) is 0.813. The van der Waals surface area contributed by atoms with Gasteiger partial charge in [0.15, 0.2) is 0 Å². The molecule has 28 heavy (non-hydrogen) atoms. The average molecular weight is 380 g/mol. The third-order valence-electron chi connectivity index (χ3n) is 5.52. The van der Waals surface area contributed by atoms with Gasteiger partial charge in [-0.2, -0.15) is 0 Å². The van der Waals surface area contributed by atoms with Crippen LogP contribution >= 0.6 is 0 Å². The topological polar surface area (TPSA) is 54.3 Å². The van der Waals surface area contributed by atoms with Crippen molar-refractivity contribution in [2.45, 2.75) is 13.3 Å². The van der Waals surface area contributed by atoms with Crippen LogP contribution in [-0.2, 0) is 4.84 Å². The molecule has 2 aliphatic heterocycles. The number of fused-ring (bicyclic) bond motifs is 1. The van der Waals surface area contributed by atoms with Crippen molar-refractivity contribution in [2.75, 3.05) is 44.2 Å². The summed E-state index contributed by atoms with van der Waals surface area (Å²) >= 11 is 0. The zero-order chi connectivity index (χ0) is 19.5. The number of hydrogen-bond donors (Lipinski definition) is 1. The highest BCUT2D eigenvalue weighted by atomic mass is 16.7. The Bertz CT molecular complexity index is 823. The highest BCUT2D eigenvalue weighted by Gasteiger charge is 2.36. The number of carbonyl (C=O) groups is 2. The minimum Gasteiger partial charge on any atom is -0.360 e. The molecule has 2 aliphatic rings. The molecule has 1 fully saturated rings. The summed E-state index contributed by atoms with van der Waals surface area (Å²) in [6.45, 7) is 7.70.